The van der Waals surface area contributed by atoms with E-state index >= 15 is 0 Å². The number of carbonyl (C=O) groups excluding carboxylic acids is 1. The molecule has 1 rings (SSSR count). The number of carbonyl (C=O) groups is 1. The molecule has 0 saturated carbocycles. The molecule has 100 valence electrons. The van der Waals surface area contributed by atoms with Gasteiger partial charge in [0.15, 0.2) is 0 Å². The third kappa shape index (κ3) is 3.39. The highest BCUT2D eigenvalue weighted by atomic mass is 16.5. The molecule has 0 heterocycles. The van der Waals surface area contributed by atoms with Crippen LogP contribution >= 0.6 is 0 Å². The molecule has 0 saturated heterocycles. The van der Waals surface area contributed by atoms with Crippen LogP contribution in [-0.4, -0.2) is 20.1 Å². The number of amides is 1. The highest BCUT2D eigenvalue weighted by molar-refractivity contribution is 5.77. The van der Waals surface area contributed by atoms with E-state index in [0.717, 1.165) is 22.6 Å². The highest BCUT2D eigenvalue weighted by Crippen LogP contribution is 2.28. The molecular formula is C14H21NO3. The van der Waals surface area contributed by atoms with E-state index in [9.17, 15) is 4.79 Å². The summed E-state index contributed by atoms with van der Waals surface area (Å²) in [6, 6.07) is 3.81. The number of benzene rings is 1. The fraction of sp³-hybridized carbons (Fsp3) is 0.500. The van der Waals surface area contributed by atoms with Gasteiger partial charge in [0.1, 0.15) is 11.5 Å². The van der Waals surface area contributed by atoms with Crippen molar-refractivity contribution in [1.82, 2.24) is 5.32 Å². The van der Waals surface area contributed by atoms with E-state index < -0.39 is 0 Å². The molecule has 0 unspecified atom stereocenters. The smallest absolute Gasteiger partial charge is 0.222 e. The van der Waals surface area contributed by atoms with Crippen LogP contribution < -0.4 is 14.8 Å². The molecule has 1 aromatic rings. The predicted molar refractivity (Wildman–Crippen MR) is 71.0 cm³/mol. The van der Waals surface area contributed by atoms with Gasteiger partial charge in [-0.15, -0.1) is 0 Å². The zero-order chi connectivity index (χ0) is 13.7. The van der Waals surface area contributed by atoms with Crippen LogP contribution in [0.2, 0.25) is 0 Å². The SMILES string of the molecule is COc1cc(CNC(=O)C(C)C)c(OC)cc1C. The zero-order valence-corrected chi connectivity index (χ0v) is 11.7. The highest BCUT2D eigenvalue weighted by Gasteiger charge is 2.11. The lowest BCUT2D eigenvalue weighted by atomic mass is 10.1. The van der Waals surface area contributed by atoms with Crippen molar-refractivity contribution >= 4 is 5.91 Å². The van der Waals surface area contributed by atoms with Gasteiger partial charge >= 0.3 is 0 Å². The number of ether oxygens (including phenoxy) is 2. The lowest BCUT2D eigenvalue weighted by Gasteiger charge is -2.14. The van der Waals surface area contributed by atoms with Crippen molar-refractivity contribution in [3.8, 4) is 11.5 Å². The number of hydrogen-bond acceptors (Lipinski definition) is 3. The first-order valence-corrected chi connectivity index (χ1v) is 5.98. The molecule has 0 fully saturated rings. The minimum Gasteiger partial charge on any atom is -0.496 e. The third-order valence-corrected chi connectivity index (χ3v) is 2.78. The average Bonchev–Trinajstić information content (AvgIpc) is 2.36. The monoisotopic (exact) mass is 251 g/mol. The lowest BCUT2D eigenvalue weighted by molar-refractivity contribution is -0.124. The van der Waals surface area contributed by atoms with Crippen molar-refractivity contribution < 1.29 is 14.3 Å². The summed E-state index contributed by atoms with van der Waals surface area (Å²) >= 11 is 0. The number of aryl methyl sites for hydroxylation is 1. The lowest BCUT2D eigenvalue weighted by Crippen LogP contribution is -2.27. The van der Waals surface area contributed by atoms with Gasteiger partial charge in [0.25, 0.3) is 0 Å². The molecule has 4 heteroatoms. The van der Waals surface area contributed by atoms with Gasteiger partial charge in [0.2, 0.25) is 5.91 Å². The Bertz CT molecular complexity index is 427. The van der Waals surface area contributed by atoms with Crippen molar-refractivity contribution in [1.29, 1.82) is 0 Å². The Kier molecular flexibility index (Phi) is 5.01. The van der Waals surface area contributed by atoms with Crippen molar-refractivity contribution in [3.05, 3.63) is 23.3 Å². The second-order valence-electron chi connectivity index (χ2n) is 4.51. The summed E-state index contributed by atoms with van der Waals surface area (Å²) in [5.41, 5.74) is 1.92. The normalized spacial score (nSPS) is 10.3. The largest absolute Gasteiger partial charge is 0.496 e. The van der Waals surface area contributed by atoms with Gasteiger partial charge in [-0.2, -0.15) is 0 Å². The van der Waals surface area contributed by atoms with Crippen molar-refractivity contribution in [2.45, 2.75) is 27.3 Å². The number of hydrogen-bond donors (Lipinski definition) is 1. The van der Waals surface area contributed by atoms with E-state index in [1.807, 2.05) is 32.9 Å². The quantitative estimate of drug-likeness (QED) is 0.873. The maximum absolute atomic E-state index is 11.6. The van der Waals surface area contributed by atoms with E-state index in [0.29, 0.717) is 6.54 Å². The van der Waals surface area contributed by atoms with E-state index in [-0.39, 0.29) is 11.8 Å². The number of methoxy groups -OCH3 is 2. The van der Waals surface area contributed by atoms with Gasteiger partial charge in [-0.3, -0.25) is 4.79 Å². The van der Waals surface area contributed by atoms with Gasteiger partial charge in [0, 0.05) is 18.0 Å². The van der Waals surface area contributed by atoms with Crippen LogP contribution in [0.25, 0.3) is 0 Å². The van der Waals surface area contributed by atoms with Gasteiger partial charge in [-0.1, -0.05) is 13.8 Å². The molecule has 1 amide bonds. The predicted octanol–water partition coefficient (Wildman–Crippen LogP) is 2.28. The molecule has 0 atom stereocenters. The van der Waals surface area contributed by atoms with Gasteiger partial charge in [0.05, 0.1) is 14.2 Å². The van der Waals surface area contributed by atoms with Crippen molar-refractivity contribution in [2.24, 2.45) is 5.92 Å². The Morgan fingerprint density at radius 2 is 1.83 bits per heavy atom. The molecule has 0 bridgehead atoms. The Balaban J connectivity index is 2.89. The summed E-state index contributed by atoms with van der Waals surface area (Å²) in [5, 5.41) is 2.87. The minimum absolute atomic E-state index is 0.0246. The summed E-state index contributed by atoms with van der Waals surface area (Å²) < 4.78 is 10.6. The topological polar surface area (TPSA) is 47.6 Å². The van der Waals surface area contributed by atoms with Crippen molar-refractivity contribution in [3.63, 3.8) is 0 Å². The Morgan fingerprint density at radius 1 is 1.22 bits per heavy atom. The second kappa shape index (κ2) is 6.28. The van der Waals surface area contributed by atoms with Gasteiger partial charge < -0.3 is 14.8 Å². The second-order valence-corrected chi connectivity index (χ2v) is 4.51. The molecule has 0 radical (unpaired) electrons. The standard InChI is InChI=1S/C14H21NO3/c1-9(2)14(16)15-8-11-7-12(17-4)10(3)6-13(11)18-5/h6-7,9H,8H2,1-5H3,(H,15,16). The molecule has 1 aromatic carbocycles. The minimum atomic E-state index is -0.0247. The maximum Gasteiger partial charge on any atom is 0.222 e. The molecule has 4 nitrogen and oxygen atoms in total. The van der Waals surface area contributed by atoms with Gasteiger partial charge in [-0.25, -0.2) is 0 Å². The molecule has 0 aliphatic rings. The van der Waals surface area contributed by atoms with Crippen LogP contribution in [0, 0.1) is 12.8 Å². The number of nitrogens with one attached hydrogen (secondary N) is 1. The molecule has 18 heavy (non-hydrogen) atoms. The average molecular weight is 251 g/mol. The molecule has 0 spiro atoms. The maximum atomic E-state index is 11.6. The zero-order valence-electron chi connectivity index (χ0n) is 11.7. The summed E-state index contributed by atoms with van der Waals surface area (Å²) in [6.07, 6.45) is 0. The van der Waals surface area contributed by atoms with Crippen LogP contribution in [0.15, 0.2) is 12.1 Å². The van der Waals surface area contributed by atoms with Crippen LogP contribution in [0.3, 0.4) is 0 Å². The first-order valence-electron chi connectivity index (χ1n) is 5.98. The first kappa shape index (κ1) is 14.4. The third-order valence-electron chi connectivity index (χ3n) is 2.78. The summed E-state index contributed by atoms with van der Waals surface area (Å²) in [4.78, 5) is 11.6. The fourth-order valence-corrected chi connectivity index (χ4v) is 1.64. The van der Waals surface area contributed by atoms with Crippen LogP contribution in [0.5, 0.6) is 11.5 Å². The van der Waals surface area contributed by atoms with Crippen LogP contribution in [0.1, 0.15) is 25.0 Å². The summed E-state index contributed by atoms with van der Waals surface area (Å²) in [6.45, 7) is 6.12. The fourth-order valence-electron chi connectivity index (χ4n) is 1.64. The first-order chi connectivity index (χ1) is 8.49. The van der Waals surface area contributed by atoms with E-state index in [1.165, 1.54) is 0 Å². The van der Waals surface area contributed by atoms with E-state index in [4.69, 9.17) is 9.47 Å². The summed E-state index contributed by atoms with van der Waals surface area (Å²) in [5.74, 6) is 1.56. The molecule has 0 aliphatic heterocycles. The molecule has 1 N–H and O–H groups in total. The van der Waals surface area contributed by atoms with Crippen molar-refractivity contribution in [2.75, 3.05) is 14.2 Å². The molecule has 0 aromatic heterocycles. The Hall–Kier alpha value is -1.71. The molecular weight excluding hydrogens is 230 g/mol. The van der Waals surface area contributed by atoms with Crippen LogP contribution in [0.4, 0.5) is 0 Å². The Labute approximate surface area is 108 Å². The van der Waals surface area contributed by atoms with Crippen LogP contribution in [-0.2, 0) is 11.3 Å². The summed E-state index contributed by atoms with van der Waals surface area (Å²) in [7, 11) is 3.25. The Morgan fingerprint density at radius 3 is 2.33 bits per heavy atom. The van der Waals surface area contributed by atoms with E-state index in [2.05, 4.69) is 5.32 Å². The van der Waals surface area contributed by atoms with Gasteiger partial charge in [-0.05, 0) is 24.6 Å². The number of rotatable bonds is 5. The molecule has 0 aliphatic carbocycles. The van der Waals surface area contributed by atoms with E-state index in [1.54, 1.807) is 14.2 Å².